The minimum Gasteiger partial charge on any atom is -0.392 e. The van der Waals surface area contributed by atoms with E-state index in [2.05, 4.69) is 5.32 Å². The van der Waals surface area contributed by atoms with Crippen molar-refractivity contribution >= 4 is 0 Å². The van der Waals surface area contributed by atoms with Gasteiger partial charge in [0.15, 0.2) is 0 Å². The van der Waals surface area contributed by atoms with Gasteiger partial charge in [-0.1, -0.05) is 12.1 Å². The fraction of sp³-hybridized carbons (Fsp3) is 0.571. The first kappa shape index (κ1) is 12.5. The highest BCUT2D eigenvalue weighted by atomic mass is 19.1. The summed E-state index contributed by atoms with van der Waals surface area (Å²) in [6.45, 7) is 2.02. The van der Waals surface area contributed by atoms with E-state index < -0.39 is 0 Å². The summed E-state index contributed by atoms with van der Waals surface area (Å²) in [6.07, 6.45) is 3.39. The van der Waals surface area contributed by atoms with Crippen molar-refractivity contribution in [2.45, 2.75) is 31.8 Å². The van der Waals surface area contributed by atoms with Crippen molar-refractivity contribution in [1.29, 1.82) is 0 Å². The molecule has 1 fully saturated rings. The third kappa shape index (κ3) is 3.79. The van der Waals surface area contributed by atoms with E-state index >= 15 is 0 Å². The molecule has 0 radical (unpaired) electrons. The average Bonchev–Trinajstić information content (AvgIpc) is 2.57. The predicted molar refractivity (Wildman–Crippen MR) is 66.3 cm³/mol. The van der Waals surface area contributed by atoms with Gasteiger partial charge in [-0.25, -0.2) is 4.39 Å². The van der Waals surface area contributed by atoms with Crippen LogP contribution in [0.15, 0.2) is 24.3 Å². The van der Waals surface area contributed by atoms with Crippen LogP contribution in [0.4, 0.5) is 4.39 Å². The van der Waals surface area contributed by atoms with E-state index in [1.807, 2.05) is 6.07 Å². The Morgan fingerprint density at radius 2 is 2.24 bits per heavy atom. The van der Waals surface area contributed by atoms with Gasteiger partial charge in [-0.3, -0.25) is 0 Å². The lowest BCUT2D eigenvalue weighted by molar-refractivity contribution is 0.100. The predicted octanol–water partition coefficient (Wildman–Crippen LogP) is 2.12. The lowest BCUT2D eigenvalue weighted by Crippen LogP contribution is -2.24. The first-order chi connectivity index (χ1) is 8.25. The smallest absolute Gasteiger partial charge is 0.123 e. The number of hydrogen-bond acceptors (Lipinski definition) is 2. The first-order valence-electron chi connectivity index (χ1n) is 6.39. The SMILES string of the molecule is OC(Cc1cccc(F)c1)C1CCCNCC1. The average molecular weight is 237 g/mol. The van der Waals surface area contributed by atoms with E-state index in [1.165, 1.54) is 12.1 Å². The zero-order chi connectivity index (χ0) is 12.1. The van der Waals surface area contributed by atoms with Crippen LogP contribution in [-0.4, -0.2) is 24.3 Å². The van der Waals surface area contributed by atoms with E-state index in [-0.39, 0.29) is 11.9 Å². The third-order valence-corrected chi connectivity index (χ3v) is 3.50. The third-order valence-electron chi connectivity index (χ3n) is 3.50. The van der Waals surface area contributed by atoms with E-state index in [4.69, 9.17) is 0 Å². The molecule has 2 rings (SSSR count). The molecule has 94 valence electrons. The first-order valence-corrected chi connectivity index (χ1v) is 6.39. The van der Waals surface area contributed by atoms with Gasteiger partial charge >= 0.3 is 0 Å². The maximum atomic E-state index is 13.0. The molecule has 1 aromatic rings. The molecule has 2 nitrogen and oxygen atoms in total. The molecule has 17 heavy (non-hydrogen) atoms. The van der Waals surface area contributed by atoms with Crippen LogP contribution in [0.5, 0.6) is 0 Å². The Morgan fingerprint density at radius 3 is 3.06 bits per heavy atom. The number of aliphatic hydroxyl groups excluding tert-OH is 1. The summed E-state index contributed by atoms with van der Waals surface area (Å²) < 4.78 is 13.0. The van der Waals surface area contributed by atoms with Crippen LogP contribution in [0.25, 0.3) is 0 Å². The van der Waals surface area contributed by atoms with Gasteiger partial charge in [-0.2, -0.15) is 0 Å². The topological polar surface area (TPSA) is 32.3 Å². The molecule has 1 saturated heterocycles. The summed E-state index contributed by atoms with van der Waals surface area (Å²) in [5, 5.41) is 13.5. The van der Waals surface area contributed by atoms with Crippen LogP contribution < -0.4 is 5.32 Å². The van der Waals surface area contributed by atoms with Gasteiger partial charge < -0.3 is 10.4 Å². The number of benzene rings is 1. The van der Waals surface area contributed by atoms with Crippen molar-refractivity contribution in [2.75, 3.05) is 13.1 Å². The zero-order valence-corrected chi connectivity index (χ0v) is 10.0. The minimum atomic E-state index is -0.350. The van der Waals surface area contributed by atoms with Gasteiger partial charge in [0.25, 0.3) is 0 Å². The molecule has 1 aliphatic rings. The molecule has 2 N–H and O–H groups in total. The molecule has 2 atom stereocenters. The lowest BCUT2D eigenvalue weighted by atomic mass is 9.90. The quantitative estimate of drug-likeness (QED) is 0.844. The van der Waals surface area contributed by atoms with Crippen molar-refractivity contribution in [3.05, 3.63) is 35.6 Å². The maximum absolute atomic E-state index is 13.0. The Hall–Kier alpha value is -0.930. The van der Waals surface area contributed by atoms with Gasteiger partial charge in [-0.05, 0) is 62.4 Å². The van der Waals surface area contributed by atoms with Gasteiger partial charge in [0, 0.05) is 0 Å². The van der Waals surface area contributed by atoms with E-state index in [1.54, 1.807) is 6.07 Å². The molecule has 1 aromatic carbocycles. The monoisotopic (exact) mass is 237 g/mol. The van der Waals surface area contributed by atoms with Gasteiger partial charge in [0.05, 0.1) is 6.10 Å². The number of hydrogen-bond donors (Lipinski definition) is 2. The Morgan fingerprint density at radius 1 is 1.35 bits per heavy atom. The Labute approximate surface area is 102 Å². The van der Waals surface area contributed by atoms with Crippen molar-refractivity contribution in [3.8, 4) is 0 Å². The molecule has 3 heteroatoms. The second-order valence-electron chi connectivity index (χ2n) is 4.84. The maximum Gasteiger partial charge on any atom is 0.123 e. The van der Waals surface area contributed by atoms with Gasteiger partial charge in [-0.15, -0.1) is 0 Å². The zero-order valence-electron chi connectivity index (χ0n) is 10.0. The van der Waals surface area contributed by atoms with Crippen molar-refractivity contribution in [1.82, 2.24) is 5.32 Å². The highest BCUT2D eigenvalue weighted by Gasteiger charge is 2.20. The second kappa shape index (κ2) is 6.12. The fourth-order valence-electron chi connectivity index (χ4n) is 2.50. The minimum absolute atomic E-state index is 0.225. The van der Waals surface area contributed by atoms with Crippen LogP contribution >= 0.6 is 0 Å². The molecule has 1 heterocycles. The molecule has 0 amide bonds. The van der Waals surface area contributed by atoms with Crippen LogP contribution in [0.3, 0.4) is 0 Å². The van der Waals surface area contributed by atoms with E-state index in [0.717, 1.165) is 37.9 Å². The Bertz CT molecular complexity index is 348. The lowest BCUT2D eigenvalue weighted by Gasteiger charge is -2.21. The van der Waals surface area contributed by atoms with Gasteiger partial charge in [0.1, 0.15) is 5.82 Å². The fourth-order valence-corrected chi connectivity index (χ4v) is 2.50. The van der Waals surface area contributed by atoms with Gasteiger partial charge in [0.2, 0.25) is 0 Å². The molecule has 0 aromatic heterocycles. The van der Waals surface area contributed by atoms with Crippen LogP contribution in [-0.2, 0) is 6.42 Å². The Kier molecular flexibility index (Phi) is 4.51. The standard InChI is InChI=1S/C14H20FNO/c15-13-5-1-3-11(9-13)10-14(17)12-4-2-7-16-8-6-12/h1,3,5,9,12,14,16-17H,2,4,6-8,10H2. The molecule has 0 aliphatic carbocycles. The normalized spacial score (nSPS) is 23.1. The summed E-state index contributed by atoms with van der Waals surface area (Å²) in [5.41, 5.74) is 0.884. The van der Waals surface area contributed by atoms with E-state index in [9.17, 15) is 9.50 Å². The van der Waals surface area contributed by atoms with E-state index in [0.29, 0.717) is 12.3 Å². The summed E-state index contributed by atoms with van der Waals surface area (Å²) in [5.74, 6) is 0.116. The molecular formula is C14H20FNO. The number of nitrogens with one attached hydrogen (secondary N) is 1. The summed E-state index contributed by atoms with van der Waals surface area (Å²) in [6, 6.07) is 6.52. The molecular weight excluding hydrogens is 217 g/mol. The molecule has 0 spiro atoms. The summed E-state index contributed by atoms with van der Waals surface area (Å²) >= 11 is 0. The molecule has 0 saturated carbocycles. The number of aliphatic hydroxyl groups is 1. The summed E-state index contributed by atoms with van der Waals surface area (Å²) in [7, 11) is 0. The van der Waals surface area contributed by atoms with Crippen LogP contribution in [0.1, 0.15) is 24.8 Å². The number of halogens is 1. The van der Waals surface area contributed by atoms with Crippen molar-refractivity contribution < 1.29 is 9.50 Å². The Balaban J connectivity index is 1.93. The number of rotatable bonds is 3. The highest BCUT2D eigenvalue weighted by molar-refractivity contribution is 5.17. The molecule has 1 aliphatic heterocycles. The molecule has 2 unspecified atom stereocenters. The highest BCUT2D eigenvalue weighted by Crippen LogP contribution is 2.21. The van der Waals surface area contributed by atoms with Crippen LogP contribution in [0, 0.1) is 11.7 Å². The van der Waals surface area contributed by atoms with Crippen LogP contribution in [0.2, 0.25) is 0 Å². The van der Waals surface area contributed by atoms with Crippen molar-refractivity contribution in [2.24, 2.45) is 5.92 Å². The summed E-state index contributed by atoms with van der Waals surface area (Å²) in [4.78, 5) is 0. The molecule has 0 bridgehead atoms. The second-order valence-corrected chi connectivity index (χ2v) is 4.84. The largest absolute Gasteiger partial charge is 0.392 e. The van der Waals surface area contributed by atoms with Crippen molar-refractivity contribution in [3.63, 3.8) is 0 Å².